The highest BCUT2D eigenvalue weighted by Gasteiger charge is 1.99. The van der Waals surface area contributed by atoms with Crippen molar-refractivity contribution in [1.82, 2.24) is 4.98 Å². The van der Waals surface area contributed by atoms with E-state index in [9.17, 15) is 0 Å². The Morgan fingerprint density at radius 2 is 2.07 bits per heavy atom. The van der Waals surface area contributed by atoms with Crippen molar-refractivity contribution >= 4 is 11.3 Å². The molecule has 78 valence electrons. The Kier molecular flexibility index (Phi) is 3.32. The van der Waals surface area contributed by atoms with E-state index in [0.29, 0.717) is 11.7 Å². The van der Waals surface area contributed by atoms with Gasteiger partial charge in [-0.3, -0.25) is 0 Å². The Balaban J connectivity index is 2.04. The molecule has 4 heteroatoms. The van der Waals surface area contributed by atoms with E-state index in [1.165, 1.54) is 16.9 Å². The predicted molar refractivity (Wildman–Crippen MR) is 61.4 cm³/mol. The average molecular weight is 220 g/mol. The molecule has 0 aliphatic rings. The fraction of sp³-hybridized carbons (Fsp3) is 0.182. The Bertz CT molecular complexity index is 397. The zero-order valence-corrected chi connectivity index (χ0v) is 9.04. The van der Waals surface area contributed by atoms with Gasteiger partial charge in [-0.15, -0.1) is 0 Å². The molecule has 0 aliphatic heterocycles. The summed E-state index contributed by atoms with van der Waals surface area (Å²) in [5, 5.41) is 2.56. The molecule has 0 fully saturated rings. The van der Waals surface area contributed by atoms with Gasteiger partial charge in [-0.25, -0.2) is 4.98 Å². The summed E-state index contributed by atoms with van der Waals surface area (Å²) < 4.78 is 5.53. The molecule has 2 N–H and O–H groups in total. The summed E-state index contributed by atoms with van der Waals surface area (Å²) in [7, 11) is 0. The van der Waals surface area contributed by atoms with Crippen molar-refractivity contribution in [2.45, 2.75) is 6.42 Å². The number of hydrogen-bond acceptors (Lipinski definition) is 4. The van der Waals surface area contributed by atoms with Crippen molar-refractivity contribution in [3.05, 3.63) is 41.4 Å². The van der Waals surface area contributed by atoms with Crippen LogP contribution in [-0.2, 0) is 6.42 Å². The fourth-order valence-corrected chi connectivity index (χ4v) is 1.76. The van der Waals surface area contributed by atoms with E-state index in [1.807, 2.05) is 29.6 Å². The lowest BCUT2D eigenvalue weighted by molar-refractivity contribution is 0.478. The van der Waals surface area contributed by atoms with Crippen LogP contribution in [0, 0.1) is 0 Å². The Labute approximate surface area is 92.5 Å². The van der Waals surface area contributed by atoms with Gasteiger partial charge in [0.15, 0.2) is 0 Å². The standard InChI is InChI=1S/C11H12N2OS/c12-6-5-9-1-3-10(4-2-9)14-11-13-7-8-15-11/h1-4,7-8H,5-6,12H2. The van der Waals surface area contributed by atoms with Gasteiger partial charge < -0.3 is 10.5 Å². The summed E-state index contributed by atoms with van der Waals surface area (Å²) in [5.74, 6) is 0.811. The Morgan fingerprint density at radius 1 is 1.27 bits per heavy atom. The Morgan fingerprint density at radius 3 is 2.67 bits per heavy atom. The topological polar surface area (TPSA) is 48.1 Å². The molecule has 0 unspecified atom stereocenters. The average Bonchev–Trinajstić information content (AvgIpc) is 2.74. The van der Waals surface area contributed by atoms with Crippen molar-refractivity contribution in [2.24, 2.45) is 5.73 Å². The minimum absolute atomic E-state index is 0.668. The summed E-state index contributed by atoms with van der Waals surface area (Å²) in [6.45, 7) is 0.673. The van der Waals surface area contributed by atoms with E-state index in [1.54, 1.807) is 6.20 Å². The lowest BCUT2D eigenvalue weighted by Crippen LogP contribution is -2.02. The molecule has 0 aliphatic carbocycles. The SMILES string of the molecule is NCCc1ccc(Oc2nccs2)cc1. The van der Waals surface area contributed by atoms with Crippen molar-refractivity contribution in [3.63, 3.8) is 0 Å². The quantitative estimate of drug-likeness (QED) is 0.860. The van der Waals surface area contributed by atoms with Gasteiger partial charge in [0.2, 0.25) is 0 Å². The largest absolute Gasteiger partial charge is 0.431 e. The highest BCUT2D eigenvalue weighted by Crippen LogP contribution is 2.23. The zero-order valence-electron chi connectivity index (χ0n) is 8.22. The monoisotopic (exact) mass is 220 g/mol. The minimum atomic E-state index is 0.668. The molecule has 1 aromatic carbocycles. The number of rotatable bonds is 4. The second kappa shape index (κ2) is 4.91. The van der Waals surface area contributed by atoms with Crippen LogP contribution in [0.25, 0.3) is 0 Å². The van der Waals surface area contributed by atoms with Gasteiger partial charge >= 0.3 is 0 Å². The third kappa shape index (κ3) is 2.78. The van der Waals surface area contributed by atoms with Crippen molar-refractivity contribution < 1.29 is 4.74 Å². The van der Waals surface area contributed by atoms with E-state index in [2.05, 4.69) is 4.98 Å². The van der Waals surface area contributed by atoms with Crippen LogP contribution in [0.3, 0.4) is 0 Å². The summed E-state index contributed by atoms with van der Waals surface area (Å²) in [5.41, 5.74) is 6.69. The predicted octanol–water partition coefficient (Wildman–Crippen LogP) is 2.44. The van der Waals surface area contributed by atoms with Crippen LogP contribution in [0.1, 0.15) is 5.56 Å². The molecule has 0 saturated heterocycles. The Hall–Kier alpha value is -1.39. The van der Waals surface area contributed by atoms with Crippen LogP contribution < -0.4 is 10.5 Å². The minimum Gasteiger partial charge on any atom is -0.431 e. The lowest BCUT2D eigenvalue weighted by atomic mass is 10.1. The maximum absolute atomic E-state index is 5.53. The molecule has 0 saturated carbocycles. The molecule has 0 bridgehead atoms. The van der Waals surface area contributed by atoms with Gasteiger partial charge in [0.05, 0.1) is 0 Å². The van der Waals surface area contributed by atoms with Gasteiger partial charge in [-0.05, 0) is 30.7 Å². The van der Waals surface area contributed by atoms with Crippen LogP contribution in [0.2, 0.25) is 0 Å². The van der Waals surface area contributed by atoms with Crippen molar-refractivity contribution in [2.75, 3.05) is 6.54 Å². The van der Waals surface area contributed by atoms with Crippen LogP contribution in [0.5, 0.6) is 10.9 Å². The number of aromatic nitrogens is 1. The molecule has 0 atom stereocenters. The van der Waals surface area contributed by atoms with Gasteiger partial charge in [0.1, 0.15) is 5.75 Å². The molecule has 2 rings (SSSR count). The van der Waals surface area contributed by atoms with Crippen LogP contribution in [0.4, 0.5) is 0 Å². The maximum Gasteiger partial charge on any atom is 0.278 e. The lowest BCUT2D eigenvalue weighted by Gasteiger charge is -2.02. The molecule has 2 aromatic rings. The summed E-state index contributed by atoms with van der Waals surface area (Å²) in [6, 6.07) is 7.92. The van der Waals surface area contributed by atoms with E-state index in [4.69, 9.17) is 10.5 Å². The first-order valence-corrected chi connectivity index (χ1v) is 5.63. The molecule has 0 radical (unpaired) electrons. The van der Waals surface area contributed by atoms with Crippen molar-refractivity contribution in [1.29, 1.82) is 0 Å². The second-order valence-corrected chi connectivity index (χ2v) is 3.94. The number of nitrogens with two attached hydrogens (primary N) is 1. The van der Waals surface area contributed by atoms with Gasteiger partial charge in [0, 0.05) is 11.6 Å². The van der Waals surface area contributed by atoms with Crippen LogP contribution in [-0.4, -0.2) is 11.5 Å². The van der Waals surface area contributed by atoms with Gasteiger partial charge in [-0.2, -0.15) is 0 Å². The summed E-state index contributed by atoms with van der Waals surface area (Å²) >= 11 is 1.48. The molecule has 1 aromatic heterocycles. The molecule has 3 nitrogen and oxygen atoms in total. The third-order valence-corrected chi connectivity index (χ3v) is 2.62. The second-order valence-electron chi connectivity index (χ2n) is 3.08. The highest BCUT2D eigenvalue weighted by atomic mass is 32.1. The molecule has 0 amide bonds. The highest BCUT2D eigenvalue weighted by molar-refractivity contribution is 7.11. The fourth-order valence-electron chi connectivity index (χ4n) is 1.25. The first-order chi connectivity index (χ1) is 7.38. The molecule has 1 heterocycles. The van der Waals surface area contributed by atoms with E-state index in [0.717, 1.165) is 12.2 Å². The van der Waals surface area contributed by atoms with Crippen LogP contribution in [0.15, 0.2) is 35.8 Å². The number of nitrogens with zero attached hydrogens (tertiary/aromatic N) is 1. The summed E-state index contributed by atoms with van der Waals surface area (Å²) in [4.78, 5) is 4.05. The maximum atomic E-state index is 5.53. The number of hydrogen-bond donors (Lipinski definition) is 1. The molecule has 15 heavy (non-hydrogen) atoms. The van der Waals surface area contributed by atoms with Crippen molar-refractivity contribution in [3.8, 4) is 10.9 Å². The smallest absolute Gasteiger partial charge is 0.278 e. The molecule has 0 spiro atoms. The number of benzene rings is 1. The van der Waals surface area contributed by atoms with E-state index < -0.39 is 0 Å². The zero-order chi connectivity index (χ0) is 10.5. The number of ether oxygens (including phenoxy) is 1. The van der Waals surface area contributed by atoms with Gasteiger partial charge in [0.25, 0.3) is 5.19 Å². The normalized spacial score (nSPS) is 10.2. The molecular weight excluding hydrogens is 208 g/mol. The van der Waals surface area contributed by atoms with Crippen LogP contribution >= 0.6 is 11.3 Å². The summed E-state index contributed by atoms with van der Waals surface area (Å²) in [6.07, 6.45) is 2.63. The first kappa shape index (κ1) is 10.1. The third-order valence-electron chi connectivity index (χ3n) is 1.97. The van der Waals surface area contributed by atoms with E-state index >= 15 is 0 Å². The van der Waals surface area contributed by atoms with Gasteiger partial charge in [-0.1, -0.05) is 23.5 Å². The van der Waals surface area contributed by atoms with E-state index in [-0.39, 0.29) is 0 Å². The molecular formula is C11H12N2OS. The number of thiazole rings is 1. The first-order valence-electron chi connectivity index (χ1n) is 4.75.